The van der Waals surface area contributed by atoms with Crippen molar-refractivity contribution < 1.29 is 18.8 Å². The zero-order valence-corrected chi connectivity index (χ0v) is 12.4. The van der Waals surface area contributed by atoms with Crippen molar-refractivity contribution in [3.63, 3.8) is 0 Å². The van der Waals surface area contributed by atoms with Crippen molar-refractivity contribution in [1.29, 1.82) is 0 Å². The number of nitrogens with zero attached hydrogens (tertiary/aromatic N) is 1. The number of nitrogens with one attached hydrogen (secondary N) is 1. The van der Waals surface area contributed by atoms with Crippen LogP contribution in [0.3, 0.4) is 0 Å². The van der Waals surface area contributed by atoms with Gasteiger partial charge in [0.05, 0.1) is 21.4 Å². The summed E-state index contributed by atoms with van der Waals surface area (Å²) in [5.74, 6) is -1.43. The molecule has 0 aliphatic heterocycles. The fraction of sp³-hybridized carbons (Fsp3) is 0.154. The number of carbonyl (C=O) groups excluding carboxylic acids is 2. The predicted octanol–water partition coefficient (Wildman–Crippen LogP) is 3.09. The minimum atomic E-state index is -0.781. The number of benzene rings is 1. The number of carbonyl (C=O) groups is 2. The maximum absolute atomic E-state index is 11.7. The number of ether oxygens (including phenoxy) is 1. The average molecular weight is 329 g/mol. The second-order valence-corrected chi connectivity index (χ2v) is 4.87. The first-order valence-electron chi connectivity index (χ1n) is 5.81. The van der Waals surface area contributed by atoms with Gasteiger partial charge in [-0.3, -0.25) is 4.79 Å². The van der Waals surface area contributed by atoms with Crippen molar-refractivity contribution in [1.82, 2.24) is 5.16 Å². The lowest BCUT2D eigenvalue weighted by Gasteiger charge is -2.08. The molecule has 2 rings (SSSR count). The number of aromatic nitrogens is 1. The molecule has 0 aliphatic carbocycles. The van der Waals surface area contributed by atoms with Crippen LogP contribution in [0.2, 0.25) is 10.0 Å². The molecule has 0 atom stereocenters. The fourth-order valence-electron chi connectivity index (χ4n) is 1.45. The van der Waals surface area contributed by atoms with E-state index in [2.05, 4.69) is 10.5 Å². The highest BCUT2D eigenvalue weighted by Gasteiger charge is 2.16. The zero-order valence-electron chi connectivity index (χ0n) is 10.9. The van der Waals surface area contributed by atoms with Crippen LogP contribution < -0.4 is 5.32 Å². The molecule has 6 nitrogen and oxygen atoms in total. The number of hydrogen-bond acceptors (Lipinski definition) is 5. The number of rotatable bonds is 4. The highest BCUT2D eigenvalue weighted by Crippen LogP contribution is 2.29. The number of esters is 1. The first-order valence-corrected chi connectivity index (χ1v) is 6.57. The van der Waals surface area contributed by atoms with E-state index in [1.54, 1.807) is 25.1 Å². The Labute approximate surface area is 130 Å². The van der Waals surface area contributed by atoms with Crippen LogP contribution in [0.4, 0.5) is 5.69 Å². The van der Waals surface area contributed by atoms with Crippen molar-refractivity contribution in [2.24, 2.45) is 0 Å². The van der Waals surface area contributed by atoms with E-state index in [0.29, 0.717) is 5.69 Å². The van der Waals surface area contributed by atoms with Gasteiger partial charge in [-0.1, -0.05) is 34.4 Å². The summed E-state index contributed by atoms with van der Waals surface area (Å²) in [4.78, 5) is 23.3. The van der Waals surface area contributed by atoms with E-state index < -0.39 is 18.5 Å². The molecule has 110 valence electrons. The van der Waals surface area contributed by atoms with Crippen LogP contribution in [-0.2, 0) is 9.53 Å². The van der Waals surface area contributed by atoms with E-state index in [4.69, 9.17) is 32.5 Å². The molecular formula is C13H10Cl2N2O4. The highest BCUT2D eigenvalue weighted by atomic mass is 35.5. The van der Waals surface area contributed by atoms with Gasteiger partial charge in [-0.15, -0.1) is 0 Å². The minimum absolute atomic E-state index is 0.0731. The zero-order chi connectivity index (χ0) is 15.4. The lowest BCUT2D eigenvalue weighted by Crippen LogP contribution is -2.21. The summed E-state index contributed by atoms with van der Waals surface area (Å²) in [7, 11) is 0. The molecular weight excluding hydrogens is 319 g/mol. The number of halogens is 2. The van der Waals surface area contributed by atoms with Crippen LogP contribution in [0.1, 0.15) is 16.2 Å². The number of anilines is 1. The molecule has 1 aromatic carbocycles. The summed E-state index contributed by atoms with van der Waals surface area (Å²) >= 11 is 11.8. The molecule has 0 saturated carbocycles. The Hall–Kier alpha value is -2.05. The number of amides is 1. The molecule has 0 fully saturated rings. The molecule has 0 saturated heterocycles. The van der Waals surface area contributed by atoms with Crippen LogP contribution >= 0.6 is 23.2 Å². The Morgan fingerprint density at radius 2 is 2.00 bits per heavy atom. The van der Waals surface area contributed by atoms with Gasteiger partial charge in [0, 0.05) is 6.07 Å². The van der Waals surface area contributed by atoms with E-state index in [0.717, 1.165) is 0 Å². The van der Waals surface area contributed by atoms with Crippen LogP contribution in [0, 0.1) is 6.92 Å². The summed E-state index contributed by atoms with van der Waals surface area (Å²) in [6.07, 6.45) is 0. The maximum atomic E-state index is 11.7. The molecule has 1 heterocycles. The number of hydrogen-bond donors (Lipinski definition) is 1. The molecule has 1 aromatic heterocycles. The van der Waals surface area contributed by atoms with E-state index in [9.17, 15) is 9.59 Å². The van der Waals surface area contributed by atoms with Gasteiger partial charge in [-0.05, 0) is 19.1 Å². The average Bonchev–Trinajstić information content (AvgIpc) is 2.87. The Morgan fingerprint density at radius 1 is 1.33 bits per heavy atom. The van der Waals surface area contributed by atoms with Crippen molar-refractivity contribution in [3.8, 4) is 0 Å². The number of para-hydroxylation sites is 1. The number of aryl methyl sites for hydroxylation is 1. The molecule has 0 bridgehead atoms. The standard InChI is InChI=1S/C13H10Cl2N2O4/c1-7-5-10(21-17-7)13(19)20-6-11(18)16-12-8(14)3-2-4-9(12)15/h2-5H,6H2,1H3,(H,16,18). The van der Waals surface area contributed by atoms with Crippen LogP contribution in [0.5, 0.6) is 0 Å². The van der Waals surface area contributed by atoms with E-state index in [1.165, 1.54) is 6.07 Å². The van der Waals surface area contributed by atoms with Crippen molar-refractivity contribution >= 4 is 40.8 Å². The van der Waals surface area contributed by atoms with Gasteiger partial charge >= 0.3 is 5.97 Å². The first kappa shape index (κ1) is 15.3. The van der Waals surface area contributed by atoms with E-state index >= 15 is 0 Å². The molecule has 0 spiro atoms. The van der Waals surface area contributed by atoms with Gasteiger partial charge < -0.3 is 14.6 Å². The minimum Gasteiger partial charge on any atom is -0.450 e. The highest BCUT2D eigenvalue weighted by molar-refractivity contribution is 6.39. The van der Waals surface area contributed by atoms with Gasteiger partial charge in [-0.2, -0.15) is 0 Å². The Bertz CT molecular complexity index is 664. The SMILES string of the molecule is Cc1cc(C(=O)OCC(=O)Nc2c(Cl)cccc2Cl)on1. The van der Waals surface area contributed by atoms with Gasteiger partial charge in [-0.25, -0.2) is 4.79 Å². The molecule has 0 radical (unpaired) electrons. The van der Waals surface area contributed by atoms with Crippen molar-refractivity contribution in [2.45, 2.75) is 6.92 Å². The lowest BCUT2D eigenvalue weighted by molar-refractivity contribution is -0.119. The largest absolute Gasteiger partial charge is 0.450 e. The van der Waals surface area contributed by atoms with Gasteiger partial charge in [0.25, 0.3) is 5.91 Å². The van der Waals surface area contributed by atoms with E-state index in [-0.39, 0.29) is 21.5 Å². The smallest absolute Gasteiger partial charge is 0.377 e. The fourth-order valence-corrected chi connectivity index (χ4v) is 1.95. The van der Waals surface area contributed by atoms with Crippen LogP contribution in [0.15, 0.2) is 28.8 Å². The van der Waals surface area contributed by atoms with E-state index in [1.807, 2.05) is 0 Å². The molecule has 0 aliphatic rings. The Balaban J connectivity index is 1.92. The second-order valence-electron chi connectivity index (χ2n) is 4.05. The lowest BCUT2D eigenvalue weighted by atomic mass is 10.3. The summed E-state index contributed by atoms with van der Waals surface area (Å²) in [5.41, 5.74) is 0.798. The van der Waals surface area contributed by atoms with Crippen molar-refractivity contribution in [2.75, 3.05) is 11.9 Å². The summed E-state index contributed by atoms with van der Waals surface area (Å²) in [6, 6.07) is 6.20. The summed E-state index contributed by atoms with van der Waals surface area (Å²) in [6.45, 7) is 1.16. The Morgan fingerprint density at radius 3 is 2.57 bits per heavy atom. The summed E-state index contributed by atoms with van der Waals surface area (Å²) in [5, 5.41) is 6.58. The third kappa shape index (κ3) is 3.96. The monoisotopic (exact) mass is 328 g/mol. The van der Waals surface area contributed by atoms with Gasteiger partial charge in [0.15, 0.2) is 6.61 Å². The topological polar surface area (TPSA) is 81.4 Å². The van der Waals surface area contributed by atoms with Gasteiger partial charge in [0.1, 0.15) is 0 Å². The van der Waals surface area contributed by atoms with Gasteiger partial charge in [0.2, 0.25) is 5.76 Å². The first-order chi connectivity index (χ1) is 9.97. The third-order valence-corrected chi connectivity index (χ3v) is 3.02. The molecule has 1 N–H and O–H groups in total. The maximum Gasteiger partial charge on any atom is 0.377 e. The summed E-state index contributed by atoms with van der Waals surface area (Å²) < 4.78 is 9.50. The predicted molar refractivity (Wildman–Crippen MR) is 76.6 cm³/mol. The Kier molecular flexibility index (Phi) is 4.82. The molecule has 0 unspecified atom stereocenters. The van der Waals surface area contributed by atoms with Crippen molar-refractivity contribution in [3.05, 3.63) is 45.8 Å². The van der Waals surface area contributed by atoms with Crippen LogP contribution in [0.25, 0.3) is 0 Å². The third-order valence-electron chi connectivity index (χ3n) is 2.39. The second kappa shape index (κ2) is 6.60. The molecule has 21 heavy (non-hydrogen) atoms. The molecule has 2 aromatic rings. The van der Waals surface area contributed by atoms with Crippen LogP contribution in [-0.4, -0.2) is 23.6 Å². The molecule has 1 amide bonds. The quantitative estimate of drug-likeness (QED) is 0.872. The normalized spacial score (nSPS) is 10.2. The molecule has 8 heteroatoms.